The molecule has 1 aromatic carbocycles. The van der Waals surface area contributed by atoms with E-state index in [1.54, 1.807) is 0 Å². The van der Waals surface area contributed by atoms with E-state index in [0.29, 0.717) is 5.78 Å². The van der Waals surface area contributed by atoms with E-state index in [-0.39, 0.29) is 5.92 Å². The van der Waals surface area contributed by atoms with Crippen LogP contribution in [0.1, 0.15) is 66.9 Å². The summed E-state index contributed by atoms with van der Waals surface area (Å²) in [4.78, 5) is 12.6. The second kappa shape index (κ2) is 5.48. The molecule has 0 heterocycles. The summed E-state index contributed by atoms with van der Waals surface area (Å²) in [5.74, 6) is 1.51. The summed E-state index contributed by atoms with van der Waals surface area (Å²) in [6.07, 6.45) is 9.59. The normalized spacial score (nSPS) is 26.8. The van der Waals surface area contributed by atoms with Crippen LogP contribution in [0.4, 0.5) is 0 Å². The Hall–Kier alpha value is -1.11. The van der Waals surface area contributed by atoms with Gasteiger partial charge in [-0.05, 0) is 61.6 Å². The van der Waals surface area contributed by atoms with Crippen LogP contribution < -0.4 is 0 Å². The maximum Gasteiger partial charge on any atom is 0.165 e. The van der Waals surface area contributed by atoms with Gasteiger partial charge in [-0.1, -0.05) is 31.9 Å². The van der Waals surface area contributed by atoms with Crippen LogP contribution in [-0.2, 0) is 12.8 Å². The Morgan fingerprint density at radius 1 is 1.00 bits per heavy atom. The highest BCUT2D eigenvalue weighted by Crippen LogP contribution is 2.31. The van der Waals surface area contributed by atoms with E-state index in [2.05, 4.69) is 25.1 Å². The zero-order chi connectivity index (χ0) is 13.2. The van der Waals surface area contributed by atoms with Crippen LogP contribution >= 0.6 is 0 Å². The molecule has 1 nitrogen and oxygen atoms in total. The SMILES string of the molecule is CC1CCC(C(=O)c2ccc3c(c2)CCCC3)CC1. The van der Waals surface area contributed by atoms with Crippen LogP contribution in [0.15, 0.2) is 18.2 Å². The Labute approximate surface area is 116 Å². The van der Waals surface area contributed by atoms with Crippen molar-refractivity contribution in [2.24, 2.45) is 11.8 Å². The van der Waals surface area contributed by atoms with Crippen molar-refractivity contribution in [1.82, 2.24) is 0 Å². The highest BCUT2D eigenvalue weighted by molar-refractivity contribution is 5.98. The molecule has 1 saturated carbocycles. The fourth-order valence-electron chi connectivity index (χ4n) is 3.64. The molecule has 0 unspecified atom stereocenters. The first-order chi connectivity index (χ1) is 9.24. The maximum atomic E-state index is 12.6. The van der Waals surface area contributed by atoms with Crippen molar-refractivity contribution in [3.05, 3.63) is 34.9 Å². The number of rotatable bonds is 2. The molecule has 0 N–H and O–H groups in total. The first kappa shape index (κ1) is 12.9. The van der Waals surface area contributed by atoms with Gasteiger partial charge < -0.3 is 0 Å². The molecule has 0 radical (unpaired) electrons. The number of hydrogen-bond acceptors (Lipinski definition) is 1. The summed E-state index contributed by atoms with van der Waals surface area (Å²) < 4.78 is 0. The lowest BCUT2D eigenvalue weighted by atomic mass is 9.78. The molecule has 19 heavy (non-hydrogen) atoms. The van der Waals surface area contributed by atoms with Crippen LogP contribution in [-0.4, -0.2) is 5.78 Å². The molecule has 1 fully saturated rings. The molecule has 0 aliphatic heterocycles. The lowest BCUT2D eigenvalue weighted by Gasteiger charge is -2.25. The Bertz CT molecular complexity index is 467. The molecule has 0 spiro atoms. The van der Waals surface area contributed by atoms with Crippen LogP contribution in [0.25, 0.3) is 0 Å². The molecule has 3 rings (SSSR count). The number of Topliss-reactive ketones (excluding diaryl/α,β-unsaturated/α-hetero) is 1. The fourth-order valence-corrected chi connectivity index (χ4v) is 3.64. The second-order valence-electron chi connectivity index (χ2n) is 6.51. The van der Waals surface area contributed by atoms with E-state index in [1.165, 1.54) is 43.2 Å². The Morgan fingerprint density at radius 3 is 2.42 bits per heavy atom. The highest BCUT2D eigenvalue weighted by Gasteiger charge is 2.25. The van der Waals surface area contributed by atoms with E-state index >= 15 is 0 Å². The van der Waals surface area contributed by atoms with Gasteiger partial charge in [-0.25, -0.2) is 0 Å². The van der Waals surface area contributed by atoms with Crippen LogP contribution in [0.3, 0.4) is 0 Å². The zero-order valence-electron chi connectivity index (χ0n) is 12.0. The first-order valence-corrected chi connectivity index (χ1v) is 7.90. The van der Waals surface area contributed by atoms with Crippen molar-refractivity contribution >= 4 is 5.78 Å². The number of carbonyl (C=O) groups excluding carboxylic acids is 1. The largest absolute Gasteiger partial charge is 0.294 e. The lowest BCUT2D eigenvalue weighted by Crippen LogP contribution is -2.21. The van der Waals surface area contributed by atoms with Gasteiger partial charge in [0, 0.05) is 11.5 Å². The standard InChI is InChI=1S/C18H24O/c1-13-6-8-15(9-7-13)18(19)17-11-10-14-4-2-3-5-16(14)12-17/h10-13,15H,2-9H2,1H3. The molecular formula is C18H24O. The summed E-state index contributed by atoms with van der Waals surface area (Å²) >= 11 is 0. The summed E-state index contributed by atoms with van der Waals surface area (Å²) in [5, 5.41) is 0. The summed E-state index contributed by atoms with van der Waals surface area (Å²) in [5.41, 5.74) is 3.88. The van der Waals surface area contributed by atoms with Gasteiger partial charge in [0.05, 0.1) is 0 Å². The van der Waals surface area contributed by atoms with Crippen molar-refractivity contribution < 1.29 is 4.79 Å². The third-order valence-corrected chi connectivity index (χ3v) is 5.02. The molecule has 0 atom stereocenters. The van der Waals surface area contributed by atoms with E-state index < -0.39 is 0 Å². The summed E-state index contributed by atoms with van der Waals surface area (Å²) in [6, 6.07) is 6.46. The molecule has 1 aromatic rings. The molecule has 1 heteroatoms. The van der Waals surface area contributed by atoms with Crippen LogP contribution in [0.5, 0.6) is 0 Å². The fraction of sp³-hybridized carbons (Fsp3) is 0.611. The monoisotopic (exact) mass is 256 g/mol. The Morgan fingerprint density at radius 2 is 1.68 bits per heavy atom. The molecule has 0 aromatic heterocycles. The quantitative estimate of drug-likeness (QED) is 0.708. The van der Waals surface area contributed by atoms with Crippen molar-refractivity contribution in [2.75, 3.05) is 0 Å². The van der Waals surface area contributed by atoms with Crippen molar-refractivity contribution in [2.45, 2.75) is 58.3 Å². The molecular weight excluding hydrogens is 232 g/mol. The molecule has 0 amide bonds. The number of aryl methyl sites for hydroxylation is 2. The van der Waals surface area contributed by atoms with Gasteiger partial charge in [-0.15, -0.1) is 0 Å². The van der Waals surface area contributed by atoms with Crippen molar-refractivity contribution in [3.8, 4) is 0 Å². The topological polar surface area (TPSA) is 17.1 Å². The van der Waals surface area contributed by atoms with Gasteiger partial charge in [0.15, 0.2) is 5.78 Å². The molecule has 2 aliphatic carbocycles. The van der Waals surface area contributed by atoms with E-state index in [9.17, 15) is 4.79 Å². The average Bonchev–Trinajstić information content (AvgIpc) is 2.47. The number of carbonyl (C=O) groups is 1. The predicted octanol–water partition coefficient (Wildman–Crippen LogP) is 4.57. The minimum absolute atomic E-state index is 0.290. The van der Waals surface area contributed by atoms with Crippen molar-refractivity contribution in [1.29, 1.82) is 0 Å². The van der Waals surface area contributed by atoms with Gasteiger partial charge in [0.1, 0.15) is 0 Å². The summed E-state index contributed by atoms with van der Waals surface area (Å²) in [7, 11) is 0. The smallest absolute Gasteiger partial charge is 0.165 e. The van der Waals surface area contributed by atoms with E-state index in [0.717, 1.165) is 30.7 Å². The third-order valence-electron chi connectivity index (χ3n) is 5.02. The minimum atomic E-state index is 0.290. The number of benzene rings is 1. The molecule has 2 aliphatic rings. The summed E-state index contributed by atoms with van der Waals surface area (Å²) in [6.45, 7) is 2.31. The second-order valence-corrected chi connectivity index (χ2v) is 6.51. The minimum Gasteiger partial charge on any atom is -0.294 e. The number of hydrogen-bond donors (Lipinski definition) is 0. The van der Waals surface area contributed by atoms with Gasteiger partial charge >= 0.3 is 0 Å². The molecule has 0 bridgehead atoms. The van der Waals surface area contributed by atoms with E-state index in [4.69, 9.17) is 0 Å². The lowest BCUT2D eigenvalue weighted by molar-refractivity contribution is 0.0875. The molecule has 102 valence electrons. The van der Waals surface area contributed by atoms with Gasteiger partial charge in [0.2, 0.25) is 0 Å². The third kappa shape index (κ3) is 2.75. The molecule has 0 saturated heterocycles. The van der Waals surface area contributed by atoms with Crippen LogP contribution in [0.2, 0.25) is 0 Å². The van der Waals surface area contributed by atoms with Gasteiger partial charge in [-0.2, -0.15) is 0 Å². The van der Waals surface area contributed by atoms with E-state index in [1.807, 2.05) is 0 Å². The average molecular weight is 256 g/mol. The number of fused-ring (bicyclic) bond motifs is 1. The van der Waals surface area contributed by atoms with Crippen LogP contribution in [0, 0.1) is 11.8 Å². The predicted molar refractivity (Wildman–Crippen MR) is 78.5 cm³/mol. The van der Waals surface area contributed by atoms with Gasteiger partial charge in [0.25, 0.3) is 0 Å². The zero-order valence-corrected chi connectivity index (χ0v) is 12.0. The highest BCUT2D eigenvalue weighted by atomic mass is 16.1. The first-order valence-electron chi connectivity index (χ1n) is 7.90. The Balaban J connectivity index is 1.76. The van der Waals surface area contributed by atoms with Gasteiger partial charge in [-0.3, -0.25) is 4.79 Å². The number of ketones is 1. The maximum absolute atomic E-state index is 12.6. The van der Waals surface area contributed by atoms with Crippen molar-refractivity contribution in [3.63, 3.8) is 0 Å². The Kier molecular flexibility index (Phi) is 3.72.